The van der Waals surface area contributed by atoms with Gasteiger partial charge in [0.15, 0.2) is 11.6 Å². The molecule has 1 unspecified atom stereocenters. The molecular formula is C18H19F2N7O2. The standard InChI is InChI=1S/C18H19F2N7O2/c1-10(28)23-14-7-13-12(8-22-14)16(26-6-4-11(29)9-26)25-27(13)15-3-5-21-17(24-15)18(2,19)20/h3,5,7-8,11,29H,4,6,9H2,1-2H3,(H,22,23,28). The summed E-state index contributed by atoms with van der Waals surface area (Å²) in [4.78, 5) is 25.2. The van der Waals surface area contributed by atoms with E-state index in [1.807, 2.05) is 4.90 Å². The summed E-state index contributed by atoms with van der Waals surface area (Å²) in [6.45, 7) is 3.09. The van der Waals surface area contributed by atoms with Crippen molar-refractivity contribution < 1.29 is 18.7 Å². The first-order valence-electron chi connectivity index (χ1n) is 9.03. The average Bonchev–Trinajstić information content (AvgIpc) is 3.24. The van der Waals surface area contributed by atoms with Gasteiger partial charge in [0, 0.05) is 51.5 Å². The van der Waals surface area contributed by atoms with Crippen molar-refractivity contribution in [1.29, 1.82) is 0 Å². The molecule has 4 rings (SSSR count). The summed E-state index contributed by atoms with van der Waals surface area (Å²) in [5.74, 6) is -3.10. The van der Waals surface area contributed by atoms with Crippen molar-refractivity contribution in [3.05, 3.63) is 30.4 Å². The van der Waals surface area contributed by atoms with Gasteiger partial charge in [0.1, 0.15) is 5.82 Å². The predicted octanol–water partition coefficient (Wildman–Crippen LogP) is 1.85. The van der Waals surface area contributed by atoms with Crippen molar-refractivity contribution in [3.8, 4) is 5.82 Å². The normalized spacial score (nSPS) is 17.1. The third-order valence-electron chi connectivity index (χ3n) is 4.56. The Hall–Kier alpha value is -3.21. The minimum absolute atomic E-state index is 0.160. The summed E-state index contributed by atoms with van der Waals surface area (Å²) in [6, 6.07) is 3.08. The number of aliphatic hydroxyl groups is 1. The van der Waals surface area contributed by atoms with Crippen molar-refractivity contribution in [2.24, 2.45) is 0 Å². The molecule has 0 radical (unpaired) electrons. The smallest absolute Gasteiger partial charge is 0.303 e. The van der Waals surface area contributed by atoms with Crippen molar-refractivity contribution in [1.82, 2.24) is 24.7 Å². The molecule has 0 spiro atoms. The molecule has 152 valence electrons. The largest absolute Gasteiger partial charge is 0.391 e. The highest BCUT2D eigenvalue weighted by molar-refractivity contribution is 5.95. The third kappa shape index (κ3) is 3.73. The molecule has 4 heterocycles. The van der Waals surface area contributed by atoms with Crippen LogP contribution in [0.2, 0.25) is 0 Å². The lowest BCUT2D eigenvalue weighted by molar-refractivity contribution is -0.114. The Labute approximate surface area is 164 Å². The summed E-state index contributed by atoms with van der Waals surface area (Å²) in [5.41, 5.74) is 0.532. The Morgan fingerprint density at radius 3 is 2.83 bits per heavy atom. The lowest BCUT2D eigenvalue weighted by Crippen LogP contribution is -2.22. The molecule has 11 heteroatoms. The van der Waals surface area contributed by atoms with Crippen LogP contribution in [-0.2, 0) is 10.7 Å². The molecular weight excluding hydrogens is 384 g/mol. The molecule has 0 saturated carbocycles. The summed E-state index contributed by atoms with van der Waals surface area (Å²) in [7, 11) is 0. The van der Waals surface area contributed by atoms with E-state index in [0.29, 0.717) is 42.0 Å². The minimum atomic E-state index is -3.20. The molecule has 1 amide bonds. The van der Waals surface area contributed by atoms with E-state index in [2.05, 4.69) is 25.4 Å². The van der Waals surface area contributed by atoms with Crippen LogP contribution in [0.5, 0.6) is 0 Å². The van der Waals surface area contributed by atoms with E-state index in [4.69, 9.17) is 0 Å². The number of rotatable bonds is 4. The van der Waals surface area contributed by atoms with Gasteiger partial charge in [0.25, 0.3) is 0 Å². The van der Waals surface area contributed by atoms with Crippen LogP contribution in [-0.4, -0.2) is 54.9 Å². The number of β-amino-alcohol motifs (C(OH)–C–C–N with tert-alkyl or cyclic N) is 1. The van der Waals surface area contributed by atoms with Crippen LogP contribution in [0, 0.1) is 0 Å². The third-order valence-corrected chi connectivity index (χ3v) is 4.56. The van der Waals surface area contributed by atoms with Crippen LogP contribution in [0.3, 0.4) is 0 Å². The highest BCUT2D eigenvalue weighted by atomic mass is 19.3. The van der Waals surface area contributed by atoms with E-state index >= 15 is 0 Å². The monoisotopic (exact) mass is 403 g/mol. The number of halogens is 2. The summed E-state index contributed by atoms with van der Waals surface area (Å²) >= 11 is 0. The van der Waals surface area contributed by atoms with Crippen molar-refractivity contribution in [2.75, 3.05) is 23.3 Å². The SMILES string of the molecule is CC(=O)Nc1cc2c(cn1)c(N1CCC(O)C1)nn2-c1ccnc(C(C)(F)F)n1. The van der Waals surface area contributed by atoms with Crippen LogP contribution in [0.4, 0.5) is 20.4 Å². The fourth-order valence-corrected chi connectivity index (χ4v) is 3.26. The molecule has 3 aromatic heterocycles. The maximum atomic E-state index is 13.7. The van der Waals surface area contributed by atoms with E-state index in [1.54, 1.807) is 12.3 Å². The van der Waals surface area contributed by atoms with Gasteiger partial charge in [0.2, 0.25) is 11.7 Å². The van der Waals surface area contributed by atoms with Gasteiger partial charge in [-0.3, -0.25) is 4.79 Å². The van der Waals surface area contributed by atoms with E-state index in [-0.39, 0.29) is 11.7 Å². The van der Waals surface area contributed by atoms with Crippen LogP contribution < -0.4 is 10.2 Å². The van der Waals surface area contributed by atoms with E-state index in [0.717, 1.165) is 6.92 Å². The number of fused-ring (bicyclic) bond motifs is 1. The topological polar surface area (TPSA) is 109 Å². The summed E-state index contributed by atoms with van der Waals surface area (Å²) in [6.07, 6.45) is 2.94. The Morgan fingerprint density at radius 2 is 2.17 bits per heavy atom. The number of carbonyl (C=O) groups excluding carboxylic acids is 1. The second-order valence-corrected chi connectivity index (χ2v) is 7.02. The fourth-order valence-electron chi connectivity index (χ4n) is 3.26. The second-order valence-electron chi connectivity index (χ2n) is 7.02. The first-order valence-corrected chi connectivity index (χ1v) is 9.03. The first-order chi connectivity index (χ1) is 13.7. The average molecular weight is 403 g/mol. The van der Waals surface area contributed by atoms with Crippen molar-refractivity contribution in [3.63, 3.8) is 0 Å². The first kappa shape index (κ1) is 19.1. The van der Waals surface area contributed by atoms with Crippen molar-refractivity contribution in [2.45, 2.75) is 32.3 Å². The quantitative estimate of drug-likeness (QED) is 0.684. The molecule has 0 aliphatic carbocycles. The Balaban J connectivity index is 1.89. The maximum absolute atomic E-state index is 13.7. The Bertz CT molecular complexity index is 1080. The van der Waals surface area contributed by atoms with E-state index < -0.39 is 17.9 Å². The highest BCUT2D eigenvalue weighted by Crippen LogP contribution is 2.32. The molecule has 1 atom stereocenters. The molecule has 0 aromatic carbocycles. The van der Waals surface area contributed by atoms with Crippen molar-refractivity contribution >= 4 is 28.4 Å². The number of aromatic nitrogens is 5. The Morgan fingerprint density at radius 1 is 1.38 bits per heavy atom. The van der Waals surface area contributed by atoms with Crippen LogP contribution in [0.25, 0.3) is 16.7 Å². The maximum Gasteiger partial charge on any atom is 0.303 e. The highest BCUT2D eigenvalue weighted by Gasteiger charge is 2.30. The molecule has 1 fully saturated rings. The molecule has 1 saturated heterocycles. The molecule has 2 N–H and O–H groups in total. The number of nitrogens with zero attached hydrogens (tertiary/aromatic N) is 6. The number of alkyl halides is 2. The zero-order valence-electron chi connectivity index (χ0n) is 15.8. The van der Waals surface area contributed by atoms with Gasteiger partial charge in [-0.1, -0.05) is 0 Å². The van der Waals surface area contributed by atoms with Crippen LogP contribution in [0.15, 0.2) is 24.5 Å². The van der Waals surface area contributed by atoms with Crippen LogP contribution in [0.1, 0.15) is 26.1 Å². The fraction of sp³-hybridized carbons (Fsp3) is 0.389. The number of amides is 1. The van der Waals surface area contributed by atoms with Gasteiger partial charge in [-0.15, -0.1) is 5.10 Å². The molecule has 3 aromatic rings. The number of aliphatic hydroxyl groups excluding tert-OH is 1. The number of hydrogen-bond acceptors (Lipinski definition) is 7. The molecule has 9 nitrogen and oxygen atoms in total. The van der Waals surface area contributed by atoms with Gasteiger partial charge in [-0.2, -0.15) is 8.78 Å². The number of pyridine rings is 1. The van der Waals surface area contributed by atoms with Gasteiger partial charge in [0.05, 0.1) is 17.0 Å². The molecule has 1 aliphatic rings. The number of nitrogens with one attached hydrogen (secondary N) is 1. The zero-order chi connectivity index (χ0) is 20.8. The van der Waals surface area contributed by atoms with Crippen LogP contribution >= 0.6 is 0 Å². The van der Waals surface area contributed by atoms with E-state index in [9.17, 15) is 18.7 Å². The number of hydrogen-bond donors (Lipinski definition) is 2. The second kappa shape index (κ2) is 6.99. The molecule has 1 aliphatic heterocycles. The molecule has 0 bridgehead atoms. The lowest BCUT2D eigenvalue weighted by Gasteiger charge is -2.14. The summed E-state index contributed by atoms with van der Waals surface area (Å²) < 4.78 is 28.9. The predicted molar refractivity (Wildman–Crippen MR) is 101 cm³/mol. The number of anilines is 2. The lowest BCUT2D eigenvalue weighted by atomic mass is 10.3. The minimum Gasteiger partial charge on any atom is -0.391 e. The summed E-state index contributed by atoms with van der Waals surface area (Å²) in [5, 5.41) is 17.7. The van der Waals surface area contributed by atoms with E-state index in [1.165, 1.54) is 23.9 Å². The van der Waals surface area contributed by atoms with Gasteiger partial charge < -0.3 is 15.3 Å². The molecule has 29 heavy (non-hydrogen) atoms. The number of carbonyl (C=O) groups is 1. The van der Waals surface area contributed by atoms with Gasteiger partial charge in [-0.25, -0.2) is 19.6 Å². The van der Waals surface area contributed by atoms with Gasteiger partial charge in [-0.05, 0) is 6.42 Å². The Kier molecular flexibility index (Phi) is 4.61. The zero-order valence-corrected chi connectivity index (χ0v) is 15.8. The van der Waals surface area contributed by atoms with Gasteiger partial charge >= 0.3 is 5.92 Å².